The first-order valence-electron chi connectivity index (χ1n) is 8.48. The van der Waals surface area contributed by atoms with Crippen LogP contribution in [0.2, 0.25) is 0 Å². The average molecular weight is 390 g/mol. The Balaban J connectivity index is 3.08. The minimum atomic E-state index is -1.56. The van der Waals surface area contributed by atoms with E-state index in [1.807, 2.05) is 0 Å². The van der Waals surface area contributed by atoms with E-state index >= 15 is 0 Å². The third-order valence-electron chi connectivity index (χ3n) is 4.38. The Kier molecular flexibility index (Phi) is 8.64. The summed E-state index contributed by atoms with van der Waals surface area (Å²) in [4.78, 5) is 48.2. The van der Waals surface area contributed by atoms with Gasteiger partial charge in [0.25, 0.3) is 0 Å². The molecule has 27 heavy (non-hydrogen) atoms. The van der Waals surface area contributed by atoms with Gasteiger partial charge >= 0.3 is 23.9 Å². The summed E-state index contributed by atoms with van der Waals surface area (Å²) in [5, 5.41) is 19.0. The van der Waals surface area contributed by atoms with Crippen molar-refractivity contribution in [3.63, 3.8) is 0 Å². The van der Waals surface area contributed by atoms with Gasteiger partial charge < -0.3 is 29.2 Å². The molecule has 0 aromatic carbocycles. The van der Waals surface area contributed by atoms with E-state index in [1.54, 1.807) is 6.92 Å². The maximum absolute atomic E-state index is 12.5. The molecule has 1 aliphatic carbocycles. The molecule has 1 saturated carbocycles. The lowest BCUT2D eigenvalue weighted by Crippen LogP contribution is -2.39. The largest absolute Gasteiger partial charge is 0.481 e. The van der Waals surface area contributed by atoms with Gasteiger partial charge in [0, 0.05) is 14.2 Å². The smallest absolute Gasteiger partial charge is 0.311 e. The van der Waals surface area contributed by atoms with Crippen molar-refractivity contribution in [2.75, 3.05) is 27.4 Å². The van der Waals surface area contributed by atoms with E-state index in [4.69, 9.17) is 18.9 Å². The summed E-state index contributed by atoms with van der Waals surface area (Å²) in [7, 11) is 2.81. The molecule has 6 unspecified atom stereocenters. The van der Waals surface area contributed by atoms with E-state index < -0.39 is 59.8 Å². The molecule has 0 aliphatic heterocycles. The van der Waals surface area contributed by atoms with Crippen LogP contribution in [0.1, 0.15) is 20.3 Å². The van der Waals surface area contributed by atoms with E-state index in [9.17, 15) is 29.4 Å². The highest BCUT2D eigenvalue weighted by Gasteiger charge is 2.57. The molecule has 1 fully saturated rings. The zero-order valence-corrected chi connectivity index (χ0v) is 15.7. The van der Waals surface area contributed by atoms with Crippen molar-refractivity contribution >= 4 is 23.9 Å². The summed E-state index contributed by atoms with van der Waals surface area (Å²) in [6.45, 7) is 3.24. The molecule has 0 saturated heterocycles. The molecule has 0 aromatic heterocycles. The van der Waals surface area contributed by atoms with Crippen LogP contribution in [0.3, 0.4) is 0 Å². The van der Waals surface area contributed by atoms with Crippen LogP contribution in [-0.4, -0.2) is 73.7 Å². The lowest BCUT2D eigenvalue weighted by Gasteiger charge is -2.23. The molecule has 154 valence electrons. The molecular weight excluding hydrogens is 364 g/mol. The summed E-state index contributed by atoms with van der Waals surface area (Å²) in [5.41, 5.74) is 0. The third kappa shape index (κ3) is 5.90. The molecule has 10 heteroatoms. The van der Waals surface area contributed by atoms with Crippen LogP contribution in [0.25, 0.3) is 0 Å². The van der Waals surface area contributed by atoms with Gasteiger partial charge in [-0.1, -0.05) is 0 Å². The van der Waals surface area contributed by atoms with Gasteiger partial charge in [0.1, 0.15) is 12.2 Å². The Morgan fingerprint density at radius 1 is 0.815 bits per heavy atom. The topological polar surface area (TPSA) is 146 Å². The molecule has 0 radical (unpaired) electrons. The molecule has 1 rings (SSSR count). The second kappa shape index (κ2) is 10.2. The van der Waals surface area contributed by atoms with E-state index in [0.717, 1.165) is 0 Å². The number of carbonyl (C=O) groups excluding carboxylic acids is 2. The maximum Gasteiger partial charge on any atom is 0.311 e. The zero-order valence-electron chi connectivity index (χ0n) is 15.7. The summed E-state index contributed by atoms with van der Waals surface area (Å²) in [5.74, 6) is -10.4. The number of methoxy groups -OCH3 is 2. The van der Waals surface area contributed by atoms with E-state index in [1.165, 1.54) is 21.1 Å². The number of esters is 2. The molecule has 0 heterocycles. The summed E-state index contributed by atoms with van der Waals surface area (Å²) in [6, 6.07) is 0. The second-order valence-electron chi connectivity index (χ2n) is 6.58. The highest BCUT2D eigenvalue weighted by atomic mass is 16.6. The minimum Gasteiger partial charge on any atom is -0.481 e. The average Bonchev–Trinajstić information content (AvgIpc) is 2.96. The van der Waals surface area contributed by atoms with Crippen LogP contribution >= 0.6 is 0 Å². The Hall–Kier alpha value is -2.20. The first-order chi connectivity index (χ1) is 12.6. The van der Waals surface area contributed by atoms with Crippen molar-refractivity contribution in [1.82, 2.24) is 0 Å². The fourth-order valence-electron chi connectivity index (χ4n) is 3.30. The normalized spacial score (nSPS) is 26.8. The minimum absolute atomic E-state index is 0.0634. The monoisotopic (exact) mass is 390 g/mol. The Bertz CT molecular complexity index is 560. The van der Waals surface area contributed by atoms with Crippen molar-refractivity contribution in [2.45, 2.75) is 32.5 Å². The van der Waals surface area contributed by atoms with Gasteiger partial charge in [-0.25, -0.2) is 0 Å². The Morgan fingerprint density at radius 2 is 1.30 bits per heavy atom. The van der Waals surface area contributed by atoms with Gasteiger partial charge in [0.15, 0.2) is 0 Å². The van der Waals surface area contributed by atoms with Crippen molar-refractivity contribution in [3.8, 4) is 0 Å². The molecule has 2 N–H and O–H groups in total. The number of carbonyl (C=O) groups is 4. The van der Waals surface area contributed by atoms with Crippen LogP contribution < -0.4 is 0 Å². The summed E-state index contributed by atoms with van der Waals surface area (Å²) >= 11 is 0. The fraction of sp³-hybridized carbons (Fsp3) is 0.765. The number of carboxylic acids is 2. The molecule has 0 spiro atoms. The van der Waals surface area contributed by atoms with E-state index in [2.05, 4.69) is 0 Å². The Labute approximate surface area is 156 Å². The highest BCUT2D eigenvalue weighted by Crippen LogP contribution is 2.44. The van der Waals surface area contributed by atoms with Crippen LogP contribution in [0.4, 0.5) is 0 Å². The Morgan fingerprint density at radius 3 is 1.70 bits per heavy atom. The predicted molar refractivity (Wildman–Crippen MR) is 88.7 cm³/mol. The van der Waals surface area contributed by atoms with Crippen LogP contribution in [-0.2, 0) is 38.1 Å². The van der Waals surface area contributed by atoms with Gasteiger partial charge in [-0.2, -0.15) is 0 Å². The fourth-order valence-corrected chi connectivity index (χ4v) is 3.30. The van der Waals surface area contributed by atoms with Crippen molar-refractivity contribution in [3.05, 3.63) is 0 Å². The lowest BCUT2D eigenvalue weighted by molar-refractivity contribution is -0.169. The number of carboxylic acid groups (broad SMARTS) is 2. The van der Waals surface area contributed by atoms with Crippen molar-refractivity contribution in [1.29, 1.82) is 0 Å². The van der Waals surface area contributed by atoms with Gasteiger partial charge in [-0.15, -0.1) is 0 Å². The van der Waals surface area contributed by atoms with Crippen LogP contribution in [0.15, 0.2) is 0 Å². The maximum atomic E-state index is 12.5. The zero-order chi connectivity index (χ0) is 20.7. The molecule has 0 amide bonds. The third-order valence-corrected chi connectivity index (χ3v) is 4.38. The first-order valence-corrected chi connectivity index (χ1v) is 8.48. The number of hydrogen-bond acceptors (Lipinski definition) is 8. The van der Waals surface area contributed by atoms with Gasteiger partial charge in [-0.05, 0) is 20.3 Å². The predicted octanol–water partition coefficient (Wildman–Crippen LogP) is 0.180. The van der Waals surface area contributed by atoms with E-state index in [-0.39, 0.29) is 19.6 Å². The quantitative estimate of drug-likeness (QED) is 0.495. The summed E-state index contributed by atoms with van der Waals surface area (Å²) in [6.07, 6.45) is -1.67. The molecule has 0 bridgehead atoms. The van der Waals surface area contributed by atoms with Crippen LogP contribution in [0.5, 0.6) is 0 Å². The molecule has 6 atom stereocenters. The summed E-state index contributed by atoms with van der Waals surface area (Å²) < 4.78 is 20.0. The van der Waals surface area contributed by atoms with Gasteiger partial charge in [0.05, 0.1) is 36.9 Å². The van der Waals surface area contributed by atoms with E-state index in [0.29, 0.717) is 0 Å². The van der Waals surface area contributed by atoms with Crippen molar-refractivity contribution in [2.24, 2.45) is 23.7 Å². The first kappa shape index (κ1) is 22.8. The van der Waals surface area contributed by atoms with Crippen LogP contribution in [0, 0.1) is 23.7 Å². The number of rotatable bonds is 10. The second-order valence-corrected chi connectivity index (χ2v) is 6.58. The lowest BCUT2D eigenvalue weighted by atomic mass is 9.86. The molecule has 0 aromatic rings. The van der Waals surface area contributed by atoms with Gasteiger partial charge in [-0.3, -0.25) is 19.2 Å². The molecular formula is C17H26O10. The SMILES string of the molecule is COCC(C)OC(=O)C1CC(C(=O)O)C(C(=O)OC(C)COC)C1C(=O)O. The number of ether oxygens (including phenoxy) is 4. The molecule has 10 nitrogen and oxygen atoms in total. The number of aliphatic carboxylic acids is 2. The molecule has 1 aliphatic rings. The number of hydrogen-bond donors (Lipinski definition) is 2. The standard InChI is InChI=1S/C17H26O10/c1-8(6-24-3)26-16(22)11-5-10(14(18)19)13(12(11)15(20)21)17(23)27-9(2)7-25-4/h8-13H,5-7H2,1-4H3,(H,18,19)(H,20,21). The highest BCUT2D eigenvalue weighted by molar-refractivity contribution is 5.92. The van der Waals surface area contributed by atoms with Crippen molar-refractivity contribution < 1.29 is 48.3 Å². The van der Waals surface area contributed by atoms with Gasteiger partial charge in [0.2, 0.25) is 0 Å².